The standard InChI is InChI=1S/C28H33FN6O2/c1-27-9-4-10-28(2,34-27)14-20(13-27)35(19-6-7-19)24-16-30-25(33-32-24)21-8-5-17(12-23(21)36)18-11-22(29)26(37-3)31-15-18/h5,8,11-12,15-16,19-20,34,36H,4,6-7,9-10,13-14H2,1-3H3/t20-,27-,28+. The minimum absolute atomic E-state index is 0.00523. The number of halogens is 1. The van der Waals surface area contributed by atoms with Gasteiger partial charge in [-0.25, -0.2) is 14.4 Å². The number of aromatic hydroxyl groups is 1. The van der Waals surface area contributed by atoms with Gasteiger partial charge in [0.15, 0.2) is 17.5 Å². The van der Waals surface area contributed by atoms with Crippen LogP contribution in [-0.4, -0.2) is 55.5 Å². The lowest BCUT2D eigenvalue weighted by Gasteiger charge is -2.55. The van der Waals surface area contributed by atoms with Crippen molar-refractivity contribution in [1.29, 1.82) is 0 Å². The van der Waals surface area contributed by atoms with Crippen molar-refractivity contribution in [3.05, 3.63) is 42.5 Å². The van der Waals surface area contributed by atoms with Crippen molar-refractivity contribution >= 4 is 5.82 Å². The molecule has 0 radical (unpaired) electrons. The number of nitrogens with one attached hydrogen (secondary N) is 1. The Morgan fingerprint density at radius 3 is 2.35 bits per heavy atom. The maximum Gasteiger partial charge on any atom is 0.250 e. The van der Waals surface area contributed by atoms with E-state index >= 15 is 0 Å². The molecule has 0 spiro atoms. The van der Waals surface area contributed by atoms with E-state index in [-0.39, 0.29) is 22.7 Å². The van der Waals surface area contributed by atoms with Gasteiger partial charge in [-0.05, 0) is 82.6 Å². The second kappa shape index (κ2) is 8.90. The summed E-state index contributed by atoms with van der Waals surface area (Å²) in [5.74, 6) is 0.518. The number of phenols is 1. The Morgan fingerprint density at radius 1 is 1.00 bits per heavy atom. The van der Waals surface area contributed by atoms with E-state index in [1.165, 1.54) is 51.5 Å². The van der Waals surface area contributed by atoms with Crippen LogP contribution >= 0.6 is 0 Å². The molecule has 2 N–H and O–H groups in total. The molecule has 6 rings (SSSR count). The normalized spacial score (nSPS) is 27.1. The molecule has 9 heteroatoms. The van der Waals surface area contributed by atoms with E-state index in [1.807, 2.05) is 0 Å². The van der Waals surface area contributed by atoms with Crippen LogP contribution in [0.15, 0.2) is 36.7 Å². The van der Waals surface area contributed by atoms with E-state index in [9.17, 15) is 9.50 Å². The number of pyridine rings is 1. The topological polar surface area (TPSA) is 96.3 Å². The quantitative estimate of drug-likeness (QED) is 0.491. The number of ether oxygens (including phenoxy) is 1. The molecule has 0 unspecified atom stereocenters. The maximum absolute atomic E-state index is 14.1. The van der Waals surface area contributed by atoms with Crippen LogP contribution < -0.4 is 15.0 Å². The first-order valence-corrected chi connectivity index (χ1v) is 13.1. The first-order valence-electron chi connectivity index (χ1n) is 13.1. The smallest absolute Gasteiger partial charge is 0.250 e. The first kappa shape index (κ1) is 24.0. The monoisotopic (exact) mass is 504 g/mol. The molecule has 1 aliphatic carbocycles. The second-order valence-electron chi connectivity index (χ2n) is 11.4. The van der Waals surface area contributed by atoms with E-state index in [0.717, 1.165) is 18.7 Å². The maximum atomic E-state index is 14.1. The number of methoxy groups -OCH3 is 1. The Balaban J connectivity index is 1.25. The number of fused-ring (bicyclic) bond motifs is 2. The van der Waals surface area contributed by atoms with E-state index in [4.69, 9.17) is 4.74 Å². The molecule has 1 saturated carbocycles. The van der Waals surface area contributed by atoms with Crippen molar-refractivity contribution in [3.63, 3.8) is 0 Å². The molecule has 8 nitrogen and oxygen atoms in total. The Bertz CT molecular complexity index is 1300. The predicted octanol–water partition coefficient (Wildman–Crippen LogP) is 4.88. The van der Waals surface area contributed by atoms with Crippen molar-refractivity contribution in [2.24, 2.45) is 0 Å². The van der Waals surface area contributed by atoms with Crippen molar-refractivity contribution in [2.75, 3.05) is 12.0 Å². The highest BCUT2D eigenvalue weighted by Gasteiger charge is 2.49. The molecule has 3 fully saturated rings. The van der Waals surface area contributed by atoms with Crippen LogP contribution in [0, 0.1) is 5.82 Å². The van der Waals surface area contributed by atoms with Crippen molar-refractivity contribution < 1.29 is 14.2 Å². The minimum atomic E-state index is -0.563. The van der Waals surface area contributed by atoms with E-state index < -0.39 is 5.82 Å². The zero-order chi connectivity index (χ0) is 25.8. The summed E-state index contributed by atoms with van der Waals surface area (Å²) in [7, 11) is 1.37. The van der Waals surface area contributed by atoms with Crippen LogP contribution in [0.2, 0.25) is 0 Å². The molecule has 194 valence electrons. The molecule has 2 aromatic heterocycles. The van der Waals surface area contributed by atoms with Gasteiger partial charge in [-0.3, -0.25) is 0 Å². The molecule has 3 atom stereocenters. The van der Waals surface area contributed by atoms with E-state index in [2.05, 4.69) is 44.2 Å². The van der Waals surface area contributed by atoms with Crippen LogP contribution in [0.1, 0.15) is 58.8 Å². The van der Waals surface area contributed by atoms with Crippen LogP contribution in [-0.2, 0) is 0 Å². The number of anilines is 1. The summed E-state index contributed by atoms with van der Waals surface area (Å²) in [5.41, 5.74) is 1.93. The van der Waals surface area contributed by atoms with Crippen LogP contribution in [0.4, 0.5) is 10.2 Å². The largest absolute Gasteiger partial charge is 0.507 e. The average Bonchev–Trinajstić information content (AvgIpc) is 3.68. The summed E-state index contributed by atoms with van der Waals surface area (Å²) in [6, 6.07) is 7.27. The summed E-state index contributed by atoms with van der Waals surface area (Å²) < 4.78 is 19.0. The minimum Gasteiger partial charge on any atom is -0.507 e. The van der Waals surface area contributed by atoms with E-state index in [0.29, 0.717) is 34.6 Å². The molecule has 2 saturated heterocycles. The third-order valence-electron chi connectivity index (χ3n) is 8.15. The van der Waals surface area contributed by atoms with Crippen LogP contribution in [0.25, 0.3) is 22.5 Å². The number of hydrogen-bond acceptors (Lipinski definition) is 8. The molecule has 2 bridgehead atoms. The summed E-state index contributed by atoms with van der Waals surface area (Å²) in [6.07, 6.45) is 11.5. The van der Waals surface area contributed by atoms with Crippen molar-refractivity contribution in [1.82, 2.24) is 25.5 Å². The number of rotatable bonds is 6. The molecular weight excluding hydrogens is 471 g/mol. The number of hydrogen-bond donors (Lipinski definition) is 2. The molecule has 37 heavy (non-hydrogen) atoms. The molecule has 4 heterocycles. The highest BCUT2D eigenvalue weighted by atomic mass is 19.1. The number of phenolic OH excluding ortho intramolecular Hbond substituents is 1. The van der Waals surface area contributed by atoms with Gasteiger partial charge in [0.1, 0.15) is 5.75 Å². The average molecular weight is 505 g/mol. The zero-order valence-corrected chi connectivity index (χ0v) is 21.5. The Labute approximate surface area is 216 Å². The SMILES string of the molecule is COc1ncc(-c2ccc(-c3ncc(N(C4CC4)[C@H]4C[C@]5(C)CCC[C@](C)(C4)N5)nn3)c(O)c2)cc1F. The van der Waals surface area contributed by atoms with Gasteiger partial charge in [-0.2, -0.15) is 0 Å². The molecule has 1 aromatic carbocycles. The van der Waals surface area contributed by atoms with Crippen molar-refractivity contribution in [3.8, 4) is 34.1 Å². The number of aromatic nitrogens is 4. The van der Waals surface area contributed by atoms with Crippen molar-refractivity contribution in [2.45, 2.75) is 82.0 Å². The number of benzene rings is 1. The summed E-state index contributed by atoms with van der Waals surface area (Å²) in [6.45, 7) is 4.72. The fourth-order valence-electron chi connectivity index (χ4n) is 6.51. The van der Waals surface area contributed by atoms with Gasteiger partial charge in [0.05, 0.1) is 18.9 Å². The lowest BCUT2D eigenvalue weighted by molar-refractivity contribution is 0.0766. The Morgan fingerprint density at radius 2 is 1.76 bits per heavy atom. The van der Waals surface area contributed by atoms with Gasteiger partial charge in [-0.15, -0.1) is 10.2 Å². The van der Waals surface area contributed by atoms with Gasteiger partial charge in [-0.1, -0.05) is 6.07 Å². The number of piperidine rings is 2. The fraction of sp³-hybridized carbons (Fsp3) is 0.500. The summed E-state index contributed by atoms with van der Waals surface area (Å²) >= 11 is 0. The molecule has 0 amide bonds. The third-order valence-corrected chi connectivity index (χ3v) is 8.15. The van der Waals surface area contributed by atoms with Gasteiger partial charge in [0.2, 0.25) is 5.88 Å². The summed E-state index contributed by atoms with van der Waals surface area (Å²) in [4.78, 5) is 11.0. The molecular formula is C28H33FN6O2. The summed E-state index contributed by atoms with van der Waals surface area (Å²) in [5, 5.41) is 23.7. The zero-order valence-electron chi connectivity index (χ0n) is 21.5. The highest BCUT2D eigenvalue weighted by molar-refractivity contribution is 5.72. The highest BCUT2D eigenvalue weighted by Crippen LogP contribution is 2.45. The van der Waals surface area contributed by atoms with Gasteiger partial charge in [0.25, 0.3) is 0 Å². The number of nitrogens with zero attached hydrogens (tertiary/aromatic N) is 5. The molecule has 2 aliphatic heterocycles. The lowest BCUT2D eigenvalue weighted by Crippen LogP contribution is -2.67. The second-order valence-corrected chi connectivity index (χ2v) is 11.4. The van der Waals surface area contributed by atoms with Gasteiger partial charge in [0, 0.05) is 34.9 Å². The lowest BCUT2D eigenvalue weighted by atomic mass is 9.69. The first-order chi connectivity index (χ1) is 17.8. The molecule has 3 aliphatic rings. The van der Waals surface area contributed by atoms with Crippen LogP contribution in [0.5, 0.6) is 11.6 Å². The molecule has 3 aromatic rings. The predicted molar refractivity (Wildman–Crippen MR) is 139 cm³/mol. The third kappa shape index (κ3) is 4.61. The van der Waals surface area contributed by atoms with Crippen LogP contribution in [0.3, 0.4) is 0 Å². The Kier molecular flexibility index (Phi) is 5.78. The van der Waals surface area contributed by atoms with Gasteiger partial charge >= 0.3 is 0 Å². The Hall–Kier alpha value is -3.33. The van der Waals surface area contributed by atoms with E-state index in [1.54, 1.807) is 24.4 Å². The van der Waals surface area contributed by atoms with Gasteiger partial charge < -0.3 is 20.1 Å². The fourth-order valence-corrected chi connectivity index (χ4v) is 6.51.